The van der Waals surface area contributed by atoms with E-state index < -0.39 is 12.1 Å². The maximum absolute atomic E-state index is 12.1. The molecule has 0 bridgehead atoms. The number of hydrogen-bond acceptors (Lipinski definition) is 4. The van der Waals surface area contributed by atoms with Crippen LogP contribution in [0.5, 0.6) is 0 Å². The second kappa shape index (κ2) is 5.77. The van der Waals surface area contributed by atoms with E-state index in [0.29, 0.717) is 11.4 Å². The molecule has 1 aromatic rings. The van der Waals surface area contributed by atoms with Crippen molar-refractivity contribution in [2.75, 3.05) is 19.8 Å². The summed E-state index contributed by atoms with van der Waals surface area (Å²) in [4.78, 5) is 25.1. The van der Waals surface area contributed by atoms with E-state index in [2.05, 4.69) is 0 Å². The minimum atomic E-state index is -0.820. The molecule has 0 aromatic carbocycles. The molecule has 1 rings (SSSR count). The Balaban J connectivity index is 2.87. The van der Waals surface area contributed by atoms with Gasteiger partial charge in [-0.05, 0) is 26.8 Å². The van der Waals surface area contributed by atoms with Gasteiger partial charge in [-0.1, -0.05) is 0 Å². The first-order valence-electron chi connectivity index (χ1n) is 6.13. The summed E-state index contributed by atoms with van der Waals surface area (Å²) in [5.74, 6) is -0.808. The number of nitrogen functional groups attached to an aromatic ring is 1. The van der Waals surface area contributed by atoms with E-state index in [-0.39, 0.29) is 11.9 Å². The highest BCUT2D eigenvalue weighted by Gasteiger charge is 2.23. The maximum atomic E-state index is 12.1. The third kappa shape index (κ3) is 3.49. The Kier molecular flexibility index (Phi) is 4.58. The molecule has 1 aromatic heterocycles. The molecule has 0 aliphatic rings. The van der Waals surface area contributed by atoms with Crippen molar-refractivity contribution in [1.82, 2.24) is 9.47 Å². The molecule has 0 aliphatic carbocycles. The Labute approximate surface area is 113 Å². The van der Waals surface area contributed by atoms with E-state index in [4.69, 9.17) is 10.5 Å². The van der Waals surface area contributed by atoms with Gasteiger partial charge in [0.2, 0.25) is 0 Å². The van der Waals surface area contributed by atoms with E-state index in [1.54, 1.807) is 37.8 Å². The first kappa shape index (κ1) is 15.1. The number of esters is 1. The molecule has 1 heterocycles. The van der Waals surface area contributed by atoms with Gasteiger partial charge in [-0.3, -0.25) is 4.79 Å². The van der Waals surface area contributed by atoms with Crippen LogP contribution in [0.2, 0.25) is 0 Å². The van der Waals surface area contributed by atoms with E-state index in [1.807, 2.05) is 13.8 Å². The summed E-state index contributed by atoms with van der Waals surface area (Å²) < 4.78 is 6.88. The lowest BCUT2D eigenvalue weighted by Gasteiger charge is -2.18. The Morgan fingerprint density at radius 1 is 1.32 bits per heavy atom. The van der Waals surface area contributed by atoms with Crippen molar-refractivity contribution in [2.24, 2.45) is 0 Å². The molecular weight excluding hydrogens is 246 g/mol. The molecule has 0 fully saturated rings. The van der Waals surface area contributed by atoms with Crippen LogP contribution in [0.25, 0.3) is 0 Å². The molecule has 1 amide bonds. The number of aromatic nitrogens is 1. The van der Waals surface area contributed by atoms with Crippen LogP contribution in [0.4, 0.5) is 5.69 Å². The van der Waals surface area contributed by atoms with E-state index in [0.717, 1.165) is 0 Å². The molecule has 6 nitrogen and oxygen atoms in total. The molecular formula is C13H21N3O3. The number of carbonyl (C=O) groups excluding carboxylic acids is 2. The highest BCUT2D eigenvalue weighted by atomic mass is 16.5. The number of rotatable bonds is 4. The third-order valence-electron chi connectivity index (χ3n) is 2.71. The lowest BCUT2D eigenvalue weighted by atomic mass is 10.3. The van der Waals surface area contributed by atoms with Crippen LogP contribution < -0.4 is 5.73 Å². The molecule has 6 heteroatoms. The fourth-order valence-corrected chi connectivity index (χ4v) is 1.73. The number of carbonyl (C=O) groups is 2. The second-order valence-corrected chi connectivity index (χ2v) is 4.94. The topological polar surface area (TPSA) is 77.6 Å². The zero-order valence-electron chi connectivity index (χ0n) is 12.0. The summed E-state index contributed by atoms with van der Waals surface area (Å²) in [5, 5.41) is 0. The van der Waals surface area contributed by atoms with Crippen LogP contribution in [0.15, 0.2) is 12.3 Å². The number of nitrogens with two attached hydrogens (primary N) is 1. The standard InChI is InChI=1S/C13H21N3O3/c1-8(2)16-7-10(14)6-11(16)13(18)19-9(3)12(17)15(4)5/h6-9H,14H2,1-5H3. The van der Waals surface area contributed by atoms with Gasteiger partial charge in [0.25, 0.3) is 5.91 Å². The monoisotopic (exact) mass is 267 g/mol. The van der Waals surface area contributed by atoms with Gasteiger partial charge in [-0.15, -0.1) is 0 Å². The average molecular weight is 267 g/mol. The molecule has 0 aliphatic heterocycles. The zero-order chi connectivity index (χ0) is 14.7. The molecule has 1 unspecified atom stereocenters. The molecule has 0 saturated heterocycles. The van der Waals surface area contributed by atoms with Crippen LogP contribution in [0, 0.1) is 0 Å². The number of ether oxygens (including phenoxy) is 1. The predicted molar refractivity (Wildman–Crippen MR) is 72.8 cm³/mol. The summed E-state index contributed by atoms with van der Waals surface area (Å²) >= 11 is 0. The van der Waals surface area contributed by atoms with Crippen molar-refractivity contribution in [3.8, 4) is 0 Å². The number of hydrogen-bond donors (Lipinski definition) is 1. The maximum Gasteiger partial charge on any atom is 0.355 e. The lowest BCUT2D eigenvalue weighted by molar-refractivity contribution is -0.137. The van der Waals surface area contributed by atoms with Crippen LogP contribution in [-0.4, -0.2) is 41.5 Å². The minimum absolute atomic E-state index is 0.0831. The van der Waals surface area contributed by atoms with Gasteiger partial charge >= 0.3 is 5.97 Å². The van der Waals surface area contributed by atoms with E-state index in [9.17, 15) is 9.59 Å². The smallest absolute Gasteiger partial charge is 0.355 e. The van der Waals surface area contributed by atoms with E-state index >= 15 is 0 Å². The zero-order valence-corrected chi connectivity index (χ0v) is 12.0. The molecule has 1 atom stereocenters. The van der Waals surface area contributed by atoms with Crippen molar-refractivity contribution in [1.29, 1.82) is 0 Å². The van der Waals surface area contributed by atoms with E-state index in [1.165, 1.54) is 4.90 Å². The first-order valence-corrected chi connectivity index (χ1v) is 6.13. The molecule has 0 saturated carbocycles. The summed E-state index contributed by atoms with van der Waals surface area (Å²) in [6.45, 7) is 5.42. The third-order valence-corrected chi connectivity index (χ3v) is 2.71. The molecule has 106 valence electrons. The van der Waals surface area contributed by atoms with Gasteiger partial charge in [0, 0.05) is 26.3 Å². The SMILES string of the molecule is CC(OC(=O)c1cc(N)cn1C(C)C)C(=O)N(C)C. The highest BCUT2D eigenvalue weighted by Crippen LogP contribution is 2.18. The van der Waals surface area contributed by atoms with Crippen LogP contribution in [-0.2, 0) is 9.53 Å². The largest absolute Gasteiger partial charge is 0.448 e. The number of anilines is 1. The van der Waals surface area contributed by atoms with Crippen LogP contribution >= 0.6 is 0 Å². The quantitative estimate of drug-likeness (QED) is 0.834. The minimum Gasteiger partial charge on any atom is -0.448 e. The summed E-state index contributed by atoms with van der Waals surface area (Å²) in [5.41, 5.74) is 6.54. The molecule has 0 spiro atoms. The fraction of sp³-hybridized carbons (Fsp3) is 0.538. The van der Waals surface area contributed by atoms with Crippen molar-refractivity contribution >= 4 is 17.6 Å². The Bertz CT molecular complexity index is 477. The lowest BCUT2D eigenvalue weighted by Crippen LogP contribution is -2.35. The summed E-state index contributed by atoms with van der Waals surface area (Å²) in [6.07, 6.45) is 0.860. The Morgan fingerprint density at radius 3 is 2.37 bits per heavy atom. The Hall–Kier alpha value is -1.98. The Morgan fingerprint density at radius 2 is 1.89 bits per heavy atom. The number of likely N-dealkylation sites (N-methyl/N-ethyl adjacent to an activating group) is 1. The summed E-state index contributed by atoms with van der Waals surface area (Å²) in [6, 6.07) is 1.63. The molecule has 0 radical (unpaired) electrons. The van der Waals surface area contributed by atoms with Crippen molar-refractivity contribution < 1.29 is 14.3 Å². The predicted octanol–water partition coefficient (Wildman–Crippen LogP) is 1.28. The van der Waals surface area contributed by atoms with Gasteiger partial charge in [-0.2, -0.15) is 0 Å². The normalized spacial score (nSPS) is 12.3. The first-order chi connectivity index (χ1) is 8.73. The number of nitrogens with zero attached hydrogens (tertiary/aromatic N) is 2. The van der Waals surface area contributed by atoms with Gasteiger partial charge in [-0.25, -0.2) is 4.79 Å². The number of amides is 1. The van der Waals surface area contributed by atoms with Crippen molar-refractivity contribution in [3.63, 3.8) is 0 Å². The summed E-state index contributed by atoms with van der Waals surface area (Å²) in [7, 11) is 3.23. The van der Waals surface area contributed by atoms with Gasteiger partial charge in [0.05, 0.1) is 5.69 Å². The highest BCUT2D eigenvalue weighted by molar-refractivity contribution is 5.91. The second-order valence-electron chi connectivity index (χ2n) is 4.94. The van der Waals surface area contributed by atoms with Gasteiger partial charge in [0.1, 0.15) is 5.69 Å². The molecule has 2 N–H and O–H groups in total. The average Bonchev–Trinajstić information content (AvgIpc) is 2.70. The van der Waals surface area contributed by atoms with Crippen molar-refractivity contribution in [3.05, 3.63) is 18.0 Å². The van der Waals surface area contributed by atoms with Crippen LogP contribution in [0.1, 0.15) is 37.3 Å². The molecule has 19 heavy (non-hydrogen) atoms. The fourth-order valence-electron chi connectivity index (χ4n) is 1.73. The van der Waals surface area contributed by atoms with Crippen LogP contribution in [0.3, 0.4) is 0 Å². The van der Waals surface area contributed by atoms with Gasteiger partial charge < -0.3 is 19.9 Å². The van der Waals surface area contributed by atoms with Gasteiger partial charge in [0.15, 0.2) is 6.10 Å². The van der Waals surface area contributed by atoms with Crippen molar-refractivity contribution in [2.45, 2.75) is 32.9 Å².